The van der Waals surface area contributed by atoms with E-state index in [1.54, 1.807) is 6.92 Å². The molecule has 0 aliphatic heterocycles. The topological polar surface area (TPSA) is 67.4 Å². The molecule has 0 aliphatic rings. The van der Waals surface area contributed by atoms with Crippen molar-refractivity contribution in [2.45, 2.75) is 46.1 Å². The molecule has 0 radical (unpaired) electrons. The molecule has 5 heteroatoms. The lowest BCUT2D eigenvalue weighted by atomic mass is 9.87. The Labute approximate surface area is 132 Å². The molecule has 0 unspecified atom stereocenters. The summed E-state index contributed by atoms with van der Waals surface area (Å²) in [5, 5.41) is 5.16. The predicted octanol–water partition coefficient (Wildman–Crippen LogP) is 2.00. The zero-order chi connectivity index (χ0) is 16.8. The van der Waals surface area contributed by atoms with E-state index in [0.717, 1.165) is 0 Å². The summed E-state index contributed by atoms with van der Waals surface area (Å²) in [7, 11) is 0. The van der Waals surface area contributed by atoms with Crippen LogP contribution in [0.15, 0.2) is 24.3 Å². The minimum Gasteiger partial charge on any atom is -0.481 e. The lowest BCUT2D eigenvalue weighted by molar-refractivity contribution is -0.130. The number of ether oxygens (including phenoxy) is 1. The van der Waals surface area contributed by atoms with Crippen molar-refractivity contribution < 1.29 is 14.3 Å². The van der Waals surface area contributed by atoms with Gasteiger partial charge in [-0.3, -0.25) is 9.59 Å². The molecule has 2 amide bonds. The van der Waals surface area contributed by atoms with Crippen molar-refractivity contribution >= 4 is 11.8 Å². The van der Waals surface area contributed by atoms with Crippen LogP contribution in [0, 0.1) is 0 Å². The predicted molar refractivity (Wildman–Crippen MR) is 86.9 cm³/mol. The zero-order valence-corrected chi connectivity index (χ0v) is 14.0. The Hall–Kier alpha value is -2.04. The maximum atomic E-state index is 11.9. The average molecular weight is 306 g/mol. The standard InChI is InChI=1S/C17H26N2O3/c1-6-18-15(20)11-19-16(21)12(2)22-14-9-7-13(8-10-14)17(3,4)5/h7-10,12H,6,11H2,1-5H3,(H,18,20)(H,19,21)/t12-/m1/s1. The van der Waals surface area contributed by atoms with Crippen molar-refractivity contribution in [2.24, 2.45) is 0 Å². The first-order valence-corrected chi connectivity index (χ1v) is 7.55. The second-order valence-corrected chi connectivity index (χ2v) is 6.21. The molecule has 1 rings (SSSR count). The molecule has 0 saturated carbocycles. The summed E-state index contributed by atoms with van der Waals surface area (Å²) in [5.74, 6) is 0.109. The van der Waals surface area contributed by atoms with E-state index in [1.165, 1.54) is 5.56 Å². The van der Waals surface area contributed by atoms with Gasteiger partial charge in [-0.05, 0) is 37.0 Å². The molecule has 1 atom stereocenters. The number of hydrogen-bond donors (Lipinski definition) is 2. The summed E-state index contributed by atoms with van der Waals surface area (Å²) in [6.07, 6.45) is -0.657. The first-order valence-electron chi connectivity index (χ1n) is 7.55. The number of amides is 2. The number of nitrogens with one attached hydrogen (secondary N) is 2. The fraction of sp³-hybridized carbons (Fsp3) is 0.529. The second-order valence-electron chi connectivity index (χ2n) is 6.21. The molecule has 22 heavy (non-hydrogen) atoms. The Bertz CT molecular complexity index is 504. The maximum Gasteiger partial charge on any atom is 0.261 e. The molecule has 0 spiro atoms. The minimum absolute atomic E-state index is 0.0384. The van der Waals surface area contributed by atoms with Gasteiger partial charge in [0, 0.05) is 6.54 Å². The van der Waals surface area contributed by atoms with Gasteiger partial charge in [0.25, 0.3) is 5.91 Å². The molecule has 122 valence electrons. The van der Waals surface area contributed by atoms with Gasteiger partial charge in [-0.2, -0.15) is 0 Å². The molecular weight excluding hydrogens is 280 g/mol. The quantitative estimate of drug-likeness (QED) is 0.845. The van der Waals surface area contributed by atoms with E-state index in [9.17, 15) is 9.59 Å². The lowest BCUT2D eigenvalue weighted by Gasteiger charge is -2.20. The smallest absolute Gasteiger partial charge is 0.261 e. The summed E-state index contributed by atoms with van der Waals surface area (Å²) < 4.78 is 5.59. The van der Waals surface area contributed by atoms with Crippen LogP contribution in [0.4, 0.5) is 0 Å². The highest BCUT2D eigenvalue weighted by Crippen LogP contribution is 2.24. The molecule has 0 saturated heterocycles. The van der Waals surface area contributed by atoms with Gasteiger partial charge >= 0.3 is 0 Å². The Morgan fingerprint density at radius 2 is 1.73 bits per heavy atom. The monoisotopic (exact) mass is 306 g/mol. The molecular formula is C17H26N2O3. The number of likely N-dealkylation sites (N-methyl/N-ethyl adjacent to an activating group) is 1. The minimum atomic E-state index is -0.657. The number of carbonyl (C=O) groups is 2. The Balaban J connectivity index is 2.52. The molecule has 1 aromatic carbocycles. The van der Waals surface area contributed by atoms with Gasteiger partial charge in [-0.1, -0.05) is 32.9 Å². The van der Waals surface area contributed by atoms with E-state index >= 15 is 0 Å². The van der Waals surface area contributed by atoms with Gasteiger partial charge in [0.2, 0.25) is 5.91 Å². The summed E-state index contributed by atoms with van der Waals surface area (Å²) in [6.45, 7) is 10.4. The third kappa shape index (κ3) is 5.76. The zero-order valence-electron chi connectivity index (χ0n) is 14.0. The van der Waals surface area contributed by atoms with E-state index in [1.807, 2.05) is 31.2 Å². The van der Waals surface area contributed by atoms with E-state index in [4.69, 9.17) is 4.74 Å². The van der Waals surface area contributed by atoms with Gasteiger partial charge in [0.1, 0.15) is 5.75 Å². The highest BCUT2D eigenvalue weighted by atomic mass is 16.5. The van der Waals surface area contributed by atoms with E-state index in [0.29, 0.717) is 12.3 Å². The van der Waals surface area contributed by atoms with Crippen LogP contribution in [0.3, 0.4) is 0 Å². The summed E-state index contributed by atoms with van der Waals surface area (Å²) in [6, 6.07) is 7.70. The van der Waals surface area contributed by atoms with Crippen LogP contribution in [0.2, 0.25) is 0 Å². The highest BCUT2D eigenvalue weighted by Gasteiger charge is 2.17. The third-order valence-corrected chi connectivity index (χ3v) is 3.20. The number of carbonyl (C=O) groups excluding carboxylic acids is 2. The van der Waals surface area contributed by atoms with Gasteiger partial charge in [-0.15, -0.1) is 0 Å². The lowest BCUT2D eigenvalue weighted by Crippen LogP contribution is -2.42. The molecule has 0 aliphatic carbocycles. The Morgan fingerprint density at radius 1 is 1.14 bits per heavy atom. The molecule has 2 N–H and O–H groups in total. The van der Waals surface area contributed by atoms with Crippen molar-refractivity contribution in [3.8, 4) is 5.75 Å². The van der Waals surface area contributed by atoms with Crippen LogP contribution in [0.25, 0.3) is 0 Å². The first kappa shape index (κ1) is 18.0. The van der Waals surface area contributed by atoms with Crippen LogP contribution < -0.4 is 15.4 Å². The van der Waals surface area contributed by atoms with Crippen LogP contribution in [0.5, 0.6) is 5.75 Å². The van der Waals surface area contributed by atoms with Gasteiger partial charge in [0.05, 0.1) is 6.54 Å². The van der Waals surface area contributed by atoms with Crippen LogP contribution in [-0.4, -0.2) is 31.0 Å². The normalized spacial score (nSPS) is 12.4. The number of rotatable bonds is 6. The largest absolute Gasteiger partial charge is 0.481 e. The van der Waals surface area contributed by atoms with Crippen LogP contribution in [0.1, 0.15) is 40.2 Å². The van der Waals surface area contributed by atoms with Crippen LogP contribution >= 0.6 is 0 Å². The first-order chi connectivity index (χ1) is 10.2. The summed E-state index contributed by atoms with van der Waals surface area (Å²) in [5.41, 5.74) is 1.28. The molecule has 0 bridgehead atoms. The van der Waals surface area contributed by atoms with Gasteiger partial charge in [-0.25, -0.2) is 0 Å². The summed E-state index contributed by atoms with van der Waals surface area (Å²) in [4.78, 5) is 23.2. The fourth-order valence-electron chi connectivity index (χ4n) is 1.86. The molecule has 0 fully saturated rings. The van der Waals surface area contributed by atoms with E-state index < -0.39 is 6.10 Å². The van der Waals surface area contributed by atoms with Crippen LogP contribution in [-0.2, 0) is 15.0 Å². The number of hydrogen-bond acceptors (Lipinski definition) is 3. The second kappa shape index (κ2) is 7.82. The van der Waals surface area contributed by atoms with Crippen molar-refractivity contribution in [1.29, 1.82) is 0 Å². The SMILES string of the molecule is CCNC(=O)CNC(=O)[C@@H](C)Oc1ccc(C(C)(C)C)cc1. The Kier molecular flexibility index (Phi) is 6.40. The maximum absolute atomic E-state index is 11.9. The number of benzene rings is 1. The van der Waals surface area contributed by atoms with E-state index in [-0.39, 0.29) is 23.8 Å². The molecule has 5 nitrogen and oxygen atoms in total. The fourth-order valence-corrected chi connectivity index (χ4v) is 1.86. The third-order valence-electron chi connectivity index (χ3n) is 3.20. The van der Waals surface area contributed by atoms with Crippen molar-refractivity contribution in [3.63, 3.8) is 0 Å². The van der Waals surface area contributed by atoms with E-state index in [2.05, 4.69) is 31.4 Å². The highest BCUT2D eigenvalue weighted by molar-refractivity contribution is 5.86. The van der Waals surface area contributed by atoms with Crippen molar-refractivity contribution in [2.75, 3.05) is 13.1 Å². The molecule has 0 heterocycles. The Morgan fingerprint density at radius 3 is 2.23 bits per heavy atom. The van der Waals surface area contributed by atoms with Gasteiger partial charge in [0.15, 0.2) is 6.10 Å². The van der Waals surface area contributed by atoms with Crippen molar-refractivity contribution in [3.05, 3.63) is 29.8 Å². The molecule has 0 aromatic heterocycles. The van der Waals surface area contributed by atoms with Crippen molar-refractivity contribution in [1.82, 2.24) is 10.6 Å². The molecule has 1 aromatic rings. The van der Waals surface area contributed by atoms with Gasteiger partial charge < -0.3 is 15.4 Å². The average Bonchev–Trinajstić information content (AvgIpc) is 2.44. The summed E-state index contributed by atoms with van der Waals surface area (Å²) >= 11 is 0.